The molecular weight excluding hydrogens is 384 g/mol. The van der Waals surface area contributed by atoms with Gasteiger partial charge in [0.15, 0.2) is 6.10 Å². The van der Waals surface area contributed by atoms with E-state index in [4.69, 9.17) is 4.74 Å². The molecule has 1 N–H and O–H groups in total. The van der Waals surface area contributed by atoms with Gasteiger partial charge in [-0.15, -0.1) is 0 Å². The van der Waals surface area contributed by atoms with E-state index in [1.165, 1.54) is 18.7 Å². The second-order valence-electron chi connectivity index (χ2n) is 6.11. The Morgan fingerprint density at radius 3 is 2.28 bits per heavy atom. The number of esters is 1. The standard InChI is InChI=1S/C23H18N2O3S/c1-16(22(26)25-18-10-3-2-4-11-18)28-23(27)19-12-6-8-14-21(19)29-20-13-7-5-9-17(20)15-24/h2-14,16H,1H3,(H,25,26)/t16-/m1/s1. The Morgan fingerprint density at radius 2 is 1.55 bits per heavy atom. The van der Waals surface area contributed by atoms with Crippen LogP contribution in [0.2, 0.25) is 0 Å². The minimum absolute atomic E-state index is 0.338. The van der Waals surface area contributed by atoms with Crippen LogP contribution in [0.3, 0.4) is 0 Å². The molecule has 3 rings (SSSR count). The first-order valence-corrected chi connectivity index (χ1v) is 9.73. The smallest absolute Gasteiger partial charge is 0.340 e. The summed E-state index contributed by atoms with van der Waals surface area (Å²) in [5.41, 5.74) is 1.49. The van der Waals surface area contributed by atoms with Gasteiger partial charge >= 0.3 is 5.97 Å². The molecule has 0 aliphatic heterocycles. The monoisotopic (exact) mass is 402 g/mol. The minimum atomic E-state index is -0.966. The maximum Gasteiger partial charge on any atom is 0.340 e. The van der Waals surface area contributed by atoms with Crippen molar-refractivity contribution in [1.29, 1.82) is 5.26 Å². The maximum absolute atomic E-state index is 12.7. The summed E-state index contributed by atoms with van der Waals surface area (Å²) in [4.78, 5) is 26.4. The van der Waals surface area contributed by atoms with Crippen LogP contribution in [0.1, 0.15) is 22.8 Å². The van der Waals surface area contributed by atoms with Gasteiger partial charge in [-0.2, -0.15) is 5.26 Å². The van der Waals surface area contributed by atoms with Crippen LogP contribution in [0.15, 0.2) is 88.7 Å². The molecule has 29 heavy (non-hydrogen) atoms. The van der Waals surface area contributed by atoms with Gasteiger partial charge in [-0.3, -0.25) is 4.79 Å². The van der Waals surface area contributed by atoms with Gasteiger partial charge in [0, 0.05) is 15.5 Å². The molecule has 0 radical (unpaired) electrons. The van der Waals surface area contributed by atoms with E-state index in [1.54, 1.807) is 60.7 Å². The fourth-order valence-corrected chi connectivity index (χ4v) is 3.55. The molecule has 0 saturated carbocycles. The second kappa shape index (κ2) is 9.58. The molecule has 1 amide bonds. The third-order valence-corrected chi connectivity index (χ3v) is 5.18. The van der Waals surface area contributed by atoms with Gasteiger partial charge in [0.25, 0.3) is 5.91 Å². The van der Waals surface area contributed by atoms with Gasteiger partial charge in [-0.1, -0.05) is 54.2 Å². The predicted octanol–water partition coefficient (Wildman–Crippen LogP) is 4.89. The topological polar surface area (TPSA) is 79.2 Å². The summed E-state index contributed by atoms with van der Waals surface area (Å²) in [6, 6.07) is 25.2. The number of carbonyl (C=O) groups excluding carboxylic acids is 2. The van der Waals surface area contributed by atoms with Crippen LogP contribution in [-0.2, 0) is 9.53 Å². The maximum atomic E-state index is 12.7. The summed E-state index contributed by atoms with van der Waals surface area (Å²) in [7, 11) is 0. The van der Waals surface area contributed by atoms with E-state index in [0.29, 0.717) is 21.7 Å². The normalized spacial score (nSPS) is 11.2. The molecule has 0 aromatic heterocycles. The fraction of sp³-hybridized carbons (Fsp3) is 0.0870. The van der Waals surface area contributed by atoms with Gasteiger partial charge in [0.1, 0.15) is 6.07 Å². The molecule has 144 valence electrons. The van der Waals surface area contributed by atoms with Gasteiger partial charge in [0.2, 0.25) is 0 Å². The Bertz CT molecular complexity index is 1060. The van der Waals surface area contributed by atoms with Crippen molar-refractivity contribution in [3.8, 4) is 6.07 Å². The molecule has 0 aliphatic rings. The summed E-state index contributed by atoms with van der Waals surface area (Å²) in [6.45, 7) is 1.52. The molecule has 0 fully saturated rings. The lowest BCUT2D eigenvalue weighted by Crippen LogP contribution is -2.30. The molecule has 0 aliphatic carbocycles. The van der Waals surface area contributed by atoms with Gasteiger partial charge < -0.3 is 10.1 Å². The third kappa shape index (κ3) is 5.24. The van der Waals surface area contributed by atoms with Gasteiger partial charge in [0.05, 0.1) is 11.1 Å². The summed E-state index contributed by atoms with van der Waals surface area (Å²) < 4.78 is 5.38. The number of benzene rings is 3. The quantitative estimate of drug-likeness (QED) is 0.594. The Hall–Kier alpha value is -3.56. The number of nitriles is 1. The predicted molar refractivity (Wildman–Crippen MR) is 112 cm³/mol. The number of rotatable bonds is 6. The largest absolute Gasteiger partial charge is 0.449 e. The Kier molecular flexibility index (Phi) is 6.67. The van der Waals surface area contributed by atoms with Gasteiger partial charge in [-0.05, 0) is 43.3 Å². The summed E-state index contributed by atoms with van der Waals surface area (Å²) >= 11 is 1.31. The van der Waals surface area contributed by atoms with Crippen molar-refractivity contribution in [2.45, 2.75) is 22.8 Å². The van der Waals surface area contributed by atoms with E-state index >= 15 is 0 Å². The lowest BCUT2D eigenvalue weighted by molar-refractivity contribution is -0.123. The molecule has 3 aromatic carbocycles. The zero-order chi connectivity index (χ0) is 20.6. The van der Waals surface area contributed by atoms with Crippen LogP contribution in [0.25, 0.3) is 0 Å². The SMILES string of the molecule is C[C@@H](OC(=O)c1ccccc1Sc1ccccc1C#N)C(=O)Nc1ccccc1. The van der Waals surface area contributed by atoms with Crippen molar-refractivity contribution in [2.75, 3.05) is 5.32 Å². The molecule has 3 aromatic rings. The number of nitrogens with zero attached hydrogens (tertiary/aromatic N) is 1. The number of amides is 1. The average molecular weight is 402 g/mol. The van der Waals surface area contributed by atoms with Crippen molar-refractivity contribution in [1.82, 2.24) is 0 Å². The van der Waals surface area contributed by atoms with E-state index in [-0.39, 0.29) is 0 Å². The molecule has 0 saturated heterocycles. The van der Waals surface area contributed by atoms with Crippen LogP contribution in [0.5, 0.6) is 0 Å². The number of hydrogen-bond acceptors (Lipinski definition) is 5. The average Bonchev–Trinajstić information content (AvgIpc) is 2.75. The number of hydrogen-bond donors (Lipinski definition) is 1. The molecule has 1 atom stereocenters. The van der Waals surface area contributed by atoms with E-state index in [1.807, 2.05) is 18.2 Å². The molecule has 0 heterocycles. The van der Waals surface area contributed by atoms with Crippen LogP contribution < -0.4 is 5.32 Å². The second-order valence-corrected chi connectivity index (χ2v) is 7.19. The highest BCUT2D eigenvalue weighted by molar-refractivity contribution is 7.99. The van der Waals surface area contributed by atoms with E-state index in [9.17, 15) is 14.9 Å². The zero-order valence-electron chi connectivity index (χ0n) is 15.7. The Balaban J connectivity index is 1.73. The lowest BCUT2D eigenvalue weighted by atomic mass is 10.2. The van der Waals surface area contributed by atoms with Gasteiger partial charge in [-0.25, -0.2) is 4.79 Å². The number of para-hydroxylation sites is 1. The van der Waals surface area contributed by atoms with E-state index < -0.39 is 18.0 Å². The van der Waals surface area contributed by atoms with E-state index in [0.717, 1.165) is 4.90 Å². The summed E-state index contributed by atoms with van der Waals surface area (Å²) in [6.07, 6.45) is -0.966. The summed E-state index contributed by atoms with van der Waals surface area (Å²) in [5, 5.41) is 12.0. The van der Waals surface area contributed by atoms with Crippen molar-refractivity contribution in [3.63, 3.8) is 0 Å². The molecular formula is C23H18N2O3S. The Morgan fingerprint density at radius 1 is 0.931 bits per heavy atom. The fourth-order valence-electron chi connectivity index (χ4n) is 2.53. The number of nitrogens with one attached hydrogen (secondary N) is 1. The van der Waals surface area contributed by atoms with Crippen molar-refractivity contribution >= 4 is 29.3 Å². The highest BCUT2D eigenvalue weighted by atomic mass is 32.2. The first-order chi connectivity index (χ1) is 14.1. The molecule has 0 bridgehead atoms. The van der Waals surface area contributed by atoms with E-state index in [2.05, 4.69) is 11.4 Å². The molecule has 0 unspecified atom stereocenters. The van der Waals surface area contributed by atoms with Crippen LogP contribution >= 0.6 is 11.8 Å². The first kappa shape index (κ1) is 20.2. The molecule has 0 spiro atoms. The Labute approximate surface area is 173 Å². The molecule has 6 heteroatoms. The number of ether oxygens (including phenoxy) is 1. The lowest BCUT2D eigenvalue weighted by Gasteiger charge is -2.15. The van der Waals surface area contributed by atoms with Crippen molar-refractivity contribution in [3.05, 3.63) is 90.0 Å². The van der Waals surface area contributed by atoms with Crippen LogP contribution in [-0.4, -0.2) is 18.0 Å². The third-order valence-electron chi connectivity index (χ3n) is 4.03. The van der Waals surface area contributed by atoms with Crippen molar-refractivity contribution in [2.24, 2.45) is 0 Å². The minimum Gasteiger partial charge on any atom is -0.449 e. The number of anilines is 1. The highest BCUT2D eigenvalue weighted by Gasteiger charge is 2.21. The van der Waals surface area contributed by atoms with Crippen LogP contribution in [0, 0.1) is 11.3 Å². The number of carbonyl (C=O) groups is 2. The first-order valence-electron chi connectivity index (χ1n) is 8.91. The summed E-state index contributed by atoms with van der Waals surface area (Å²) in [5.74, 6) is -1.01. The zero-order valence-corrected chi connectivity index (χ0v) is 16.5. The van der Waals surface area contributed by atoms with Crippen molar-refractivity contribution < 1.29 is 14.3 Å². The highest BCUT2D eigenvalue weighted by Crippen LogP contribution is 2.33. The van der Waals surface area contributed by atoms with Crippen LogP contribution in [0.4, 0.5) is 5.69 Å². The molecule has 5 nitrogen and oxygen atoms in total.